The lowest BCUT2D eigenvalue weighted by Crippen LogP contribution is -2.47. The van der Waals surface area contributed by atoms with Gasteiger partial charge in [0.05, 0.1) is 4.92 Å². The number of rotatable bonds is 6. The van der Waals surface area contributed by atoms with Gasteiger partial charge in [0.25, 0.3) is 5.69 Å². The van der Waals surface area contributed by atoms with Gasteiger partial charge >= 0.3 is 0 Å². The molecule has 1 fully saturated rings. The molecule has 0 aliphatic carbocycles. The number of benzene rings is 2. The Morgan fingerprint density at radius 3 is 2.24 bits per heavy atom. The van der Waals surface area contributed by atoms with Crippen LogP contribution < -0.4 is 4.90 Å². The molecule has 0 N–H and O–H groups in total. The second-order valence-corrected chi connectivity index (χ2v) is 7.07. The van der Waals surface area contributed by atoms with Crippen molar-refractivity contribution in [2.24, 2.45) is 0 Å². The lowest BCUT2D eigenvalue weighted by Gasteiger charge is -2.36. The molecule has 132 valence electrons. The molecule has 0 aromatic heterocycles. The summed E-state index contributed by atoms with van der Waals surface area (Å²) in [6.07, 6.45) is 0. The van der Waals surface area contributed by atoms with Gasteiger partial charge in [-0.2, -0.15) is 0 Å². The molecule has 0 bridgehead atoms. The lowest BCUT2D eigenvalue weighted by atomic mass is 10.2. The van der Waals surface area contributed by atoms with Gasteiger partial charge in [0.15, 0.2) is 0 Å². The molecule has 0 spiro atoms. The molecule has 1 aliphatic rings. The third-order valence-electron chi connectivity index (χ3n) is 4.29. The minimum Gasteiger partial charge on any atom is -0.369 e. The molecule has 0 saturated carbocycles. The van der Waals surface area contributed by atoms with E-state index < -0.39 is 0 Å². The topological polar surface area (TPSA) is 49.6 Å². The fraction of sp³-hybridized carbons (Fsp3) is 0.333. The number of nitrogens with zero attached hydrogens (tertiary/aromatic N) is 3. The fourth-order valence-electron chi connectivity index (χ4n) is 2.84. The maximum atomic E-state index is 12.9. The number of piperazine rings is 1. The summed E-state index contributed by atoms with van der Waals surface area (Å²) in [6.45, 7) is 4.77. The van der Waals surface area contributed by atoms with Gasteiger partial charge in [-0.3, -0.25) is 15.0 Å². The summed E-state index contributed by atoms with van der Waals surface area (Å²) in [7, 11) is 0. The number of thioether (sulfide) groups is 1. The van der Waals surface area contributed by atoms with E-state index in [2.05, 4.69) is 9.80 Å². The van der Waals surface area contributed by atoms with Crippen molar-refractivity contribution in [3.05, 3.63) is 64.5 Å². The van der Waals surface area contributed by atoms with E-state index in [0.29, 0.717) is 0 Å². The van der Waals surface area contributed by atoms with Gasteiger partial charge in [0.2, 0.25) is 0 Å². The number of nitro benzene ring substituents is 1. The van der Waals surface area contributed by atoms with E-state index in [-0.39, 0.29) is 16.4 Å². The molecule has 0 atom stereocenters. The maximum Gasteiger partial charge on any atom is 0.269 e. The second kappa shape index (κ2) is 8.31. The van der Waals surface area contributed by atoms with Crippen LogP contribution in [0.2, 0.25) is 0 Å². The normalized spacial score (nSPS) is 15.3. The van der Waals surface area contributed by atoms with E-state index in [1.807, 2.05) is 24.3 Å². The van der Waals surface area contributed by atoms with Gasteiger partial charge in [-0.05, 0) is 36.4 Å². The zero-order chi connectivity index (χ0) is 17.6. The molecule has 3 rings (SSSR count). The Labute approximate surface area is 150 Å². The van der Waals surface area contributed by atoms with Gasteiger partial charge in [0, 0.05) is 61.2 Å². The Balaban J connectivity index is 1.42. The molecule has 0 amide bonds. The van der Waals surface area contributed by atoms with Crippen molar-refractivity contribution in [1.29, 1.82) is 0 Å². The van der Waals surface area contributed by atoms with Gasteiger partial charge in [-0.15, -0.1) is 11.8 Å². The first kappa shape index (κ1) is 17.7. The highest BCUT2D eigenvalue weighted by Crippen LogP contribution is 2.21. The molecule has 1 saturated heterocycles. The van der Waals surface area contributed by atoms with Gasteiger partial charge < -0.3 is 4.90 Å². The Hall–Kier alpha value is -2.12. The summed E-state index contributed by atoms with van der Waals surface area (Å²) in [6, 6.07) is 13.4. The summed E-state index contributed by atoms with van der Waals surface area (Å²) in [5.74, 6) is 0.773. The highest BCUT2D eigenvalue weighted by Gasteiger charge is 2.17. The average Bonchev–Trinajstić information content (AvgIpc) is 2.64. The van der Waals surface area contributed by atoms with Crippen molar-refractivity contribution in [1.82, 2.24) is 4.90 Å². The molecule has 0 radical (unpaired) electrons. The molecule has 5 nitrogen and oxygen atoms in total. The summed E-state index contributed by atoms with van der Waals surface area (Å²) in [5.41, 5.74) is 1.16. The predicted molar refractivity (Wildman–Crippen MR) is 98.9 cm³/mol. The smallest absolute Gasteiger partial charge is 0.269 e. The van der Waals surface area contributed by atoms with E-state index in [4.69, 9.17) is 0 Å². The van der Waals surface area contributed by atoms with Crippen molar-refractivity contribution >= 4 is 23.1 Å². The van der Waals surface area contributed by atoms with Crippen LogP contribution in [0.1, 0.15) is 0 Å². The Morgan fingerprint density at radius 1 is 1.00 bits per heavy atom. The van der Waals surface area contributed by atoms with Crippen LogP contribution in [0.15, 0.2) is 53.4 Å². The highest BCUT2D eigenvalue weighted by atomic mass is 32.2. The molecular formula is C18H20FN3O2S. The van der Waals surface area contributed by atoms with Crippen molar-refractivity contribution in [3.63, 3.8) is 0 Å². The van der Waals surface area contributed by atoms with Crippen LogP contribution in [0, 0.1) is 15.9 Å². The van der Waals surface area contributed by atoms with Crippen molar-refractivity contribution in [2.75, 3.05) is 43.4 Å². The standard InChI is InChI=1S/C18H20FN3O2S/c19-15-1-7-18(8-2-15)25-14-13-20-9-11-21(12-10-20)16-3-5-17(6-4-16)22(23)24/h1-8H,9-14H2. The largest absolute Gasteiger partial charge is 0.369 e. The van der Waals surface area contributed by atoms with E-state index >= 15 is 0 Å². The number of hydrogen-bond donors (Lipinski definition) is 0. The van der Waals surface area contributed by atoms with E-state index in [0.717, 1.165) is 49.1 Å². The summed E-state index contributed by atoms with van der Waals surface area (Å²) in [5, 5.41) is 10.7. The third-order valence-corrected chi connectivity index (χ3v) is 5.28. The van der Waals surface area contributed by atoms with E-state index in [9.17, 15) is 14.5 Å². The van der Waals surface area contributed by atoms with Crippen LogP contribution in [0.4, 0.5) is 15.8 Å². The zero-order valence-corrected chi connectivity index (χ0v) is 14.6. The number of nitro groups is 1. The van der Waals surface area contributed by atoms with Crippen LogP contribution >= 0.6 is 11.8 Å². The molecule has 25 heavy (non-hydrogen) atoms. The number of non-ortho nitro benzene ring substituents is 1. The minimum atomic E-state index is -0.374. The first-order valence-corrected chi connectivity index (χ1v) is 9.20. The number of halogens is 1. The van der Waals surface area contributed by atoms with Crippen molar-refractivity contribution in [2.45, 2.75) is 4.90 Å². The predicted octanol–water partition coefficient (Wildman–Crippen LogP) is 3.65. The van der Waals surface area contributed by atoms with Crippen LogP contribution in [-0.4, -0.2) is 48.3 Å². The molecule has 0 unspecified atom stereocenters. The monoisotopic (exact) mass is 361 g/mol. The molecule has 2 aromatic carbocycles. The van der Waals surface area contributed by atoms with Crippen LogP contribution in [0.5, 0.6) is 0 Å². The Morgan fingerprint density at radius 2 is 1.64 bits per heavy atom. The molecule has 1 heterocycles. The SMILES string of the molecule is O=[N+]([O-])c1ccc(N2CCN(CCSc3ccc(F)cc3)CC2)cc1. The molecule has 2 aromatic rings. The quantitative estimate of drug-likeness (QED) is 0.447. The molecule has 7 heteroatoms. The fourth-order valence-corrected chi connectivity index (χ4v) is 3.75. The maximum absolute atomic E-state index is 12.9. The van der Waals surface area contributed by atoms with E-state index in [1.165, 1.54) is 12.1 Å². The second-order valence-electron chi connectivity index (χ2n) is 5.90. The summed E-state index contributed by atoms with van der Waals surface area (Å²) < 4.78 is 12.9. The first-order valence-electron chi connectivity index (χ1n) is 8.22. The van der Waals surface area contributed by atoms with Gasteiger partial charge in [0.1, 0.15) is 5.82 Å². The van der Waals surface area contributed by atoms with E-state index in [1.54, 1.807) is 23.9 Å². The summed E-state index contributed by atoms with van der Waals surface area (Å²) in [4.78, 5) is 16.1. The molecule has 1 aliphatic heterocycles. The highest BCUT2D eigenvalue weighted by molar-refractivity contribution is 7.99. The van der Waals surface area contributed by atoms with Crippen LogP contribution in [0.3, 0.4) is 0 Å². The zero-order valence-electron chi connectivity index (χ0n) is 13.8. The summed E-state index contributed by atoms with van der Waals surface area (Å²) >= 11 is 1.74. The number of hydrogen-bond acceptors (Lipinski definition) is 5. The average molecular weight is 361 g/mol. The van der Waals surface area contributed by atoms with Crippen molar-refractivity contribution in [3.8, 4) is 0 Å². The van der Waals surface area contributed by atoms with Crippen LogP contribution in [0.25, 0.3) is 0 Å². The Kier molecular flexibility index (Phi) is 5.88. The lowest BCUT2D eigenvalue weighted by molar-refractivity contribution is -0.384. The van der Waals surface area contributed by atoms with Crippen molar-refractivity contribution < 1.29 is 9.31 Å². The molecular weight excluding hydrogens is 341 g/mol. The van der Waals surface area contributed by atoms with Gasteiger partial charge in [-0.1, -0.05) is 0 Å². The third kappa shape index (κ3) is 4.93. The minimum absolute atomic E-state index is 0.125. The number of anilines is 1. The first-order chi connectivity index (χ1) is 12.1. The Bertz CT molecular complexity index is 701. The van der Waals surface area contributed by atoms with Crippen LogP contribution in [-0.2, 0) is 0 Å². The van der Waals surface area contributed by atoms with Gasteiger partial charge in [-0.25, -0.2) is 4.39 Å².